The van der Waals surface area contributed by atoms with Gasteiger partial charge in [-0.25, -0.2) is 4.79 Å². The first-order valence-corrected chi connectivity index (χ1v) is 18.2. The zero-order chi connectivity index (χ0) is 21.1. The van der Waals surface area contributed by atoms with Gasteiger partial charge in [-0.1, -0.05) is 116 Å². The molecular weight excluding hydrogens is 475 g/mol. The van der Waals surface area contributed by atoms with Crippen LogP contribution in [-0.4, -0.2) is 18.1 Å². The fraction of sp³-hybridized carbons (Fsp3) is 0.875. The maximum atomic E-state index is 11.2. The fourth-order valence-electron chi connectivity index (χ4n) is 3.41. The minimum Gasteiger partial charge on any atom is -0.462 e. The smallest absolute Gasteiger partial charge is 0.333 e. The standard InChI is InChI=1S/C24H47IO2Si/c1-23(2)24(26)27-21-19-17-15-13-11-9-7-5-6-8-10-12-14-16-18-20-22-28(3,4)25/h1,5-22H2,2-4H3. The Hall–Kier alpha value is 0.157. The van der Waals surface area contributed by atoms with Gasteiger partial charge in [0.2, 0.25) is 0 Å². The molecule has 0 saturated heterocycles. The first kappa shape index (κ1) is 28.2. The van der Waals surface area contributed by atoms with E-state index in [9.17, 15) is 4.79 Å². The van der Waals surface area contributed by atoms with Crippen molar-refractivity contribution in [2.45, 2.75) is 129 Å². The fourth-order valence-corrected chi connectivity index (χ4v) is 5.65. The Morgan fingerprint density at radius 1 is 0.714 bits per heavy atom. The molecule has 0 aliphatic heterocycles. The van der Waals surface area contributed by atoms with Crippen LogP contribution < -0.4 is 0 Å². The zero-order valence-corrected chi connectivity index (χ0v) is 22.3. The summed E-state index contributed by atoms with van der Waals surface area (Å²) in [7, 11) is 0. The normalized spacial score (nSPS) is 11.6. The minimum atomic E-state index is -0.824. The lowest BCUT2D eigenvalue weighted by Gasteiger charge is -2.12. The van der Waals surface area contributed by atoms with E-state index in [4.69, 9.17) is 4.74 Å². The zero-order valence-electron chi connectivity index (χ0n) is 19.1. The predicted octanol–water partition coefficient (Wildman–Crippen LogP) is 8.99. The van der Waals surface area contributed by atoms with Crippen LogP contribution in [0.4, 0.5) is 0 Å². The van der Waals surface area contributed by atoms with Crippen molar-refractivity contribution in [2.24, 2.45) is 0 Å². The van der Waals surface area contributed by atoms with Crippen molar-refractivity contribution in [2.75, 3.05) is 6.61 Å². The second-order valence-electron chi connectivity index (χ2n) is 9.04. The number of hydrogen-bond acceptors (Lipinski definition) is 2. The molecule has 166 valence electrons. The number of rotatable bonds is 20. The summed E-state index contributed by atoms with van der Waals surface area (Å²) in [6, 6.07) is 1.50. The van der Waals surface area contributed by atoms with Gasteiger partial charge in [-0.2, -0.15) is 0 Å². The molecule has 0 rings (SSSR count). The third kappa shape index (κ3) is 22.4. The van der Waals surface area contributed by atoms with E-state index in [2.05, 4.69) is 41.5 Å². The van der Waals surface area contributed by atoms with E-state index in [-0.39, 0.29) is 5.97 Å². The van der Waals surface area contributed by atoms with Crippen LogP contribution in [0, 0.1) is 0 Å². The van der Waals surface area contributed by atoms with Gasteiger partial charge in [-0.3, -0.25) is 0 Å². The lowest BCUT2D eigenvalue weighted by atomic mass is 10.0. The molecule has 0 saturated carbocycles. The van der Waals surface area contributed by atoms with Crippen LogP contribution in [0.2, 0.25) is 19.1 Å². The van der Waals surface area contributed by atoms with E-state index in [1.807, 2.05) is 0 Å². The second-order valence-corrected chi connectivity index (χ2v) is 21.7. The van der Waals surface area contributed by atoms with E-state index >= 15 is 0 Å². The number of halogens is 1. The van der Waals surface area contributed by atoms with Crippen molar-refractivity contribution >= 4 is 33.3 Å². The van der Waals surface area contributed by atoms with Crippen molar-refractivity contribution in [3.63, 3.8) is 0 Å². The summed E-state index contributed by atoms with van der Waals surface area (Å²) < 4.78 is 5.10. The van der Waals surface area contributed by atoms with E-state index in [1.54, 1.807) is 6.92 Å². The molecule has 28 heavy (non-hydrogen) atoms. The highest BCUT2D eigenvalue weighted by atomic mass is 127. The molecule has 0 bridgehead atoms. The summed E-state index contributed by atoms with van der Waals surface area (Å²) in [5, 5.41) is 0. The summed E-state index contributed by atoms with van der Waals surface area (Å²) in [6.45, 7) is 10.8. The molecule has 0 aliphatic rings. The van der Waals surface area contributed by atoms with Gasteiger partial charge in [0, 0.05) is 5.57 Å². The number of carbonyl (C=O) groups is 1. The van der Waals surface area contributed by atoms with Crippen molar-refractivity contribution < 1.29 is 9.53 Å². The number of unbranched alkanes of at least 4 members (excludes halogenated alkanes) is 15. The van der Waals surface area contributed by atoms with E-state index in [1.165, 1.54) is 102 Å². The summed E-state index contributed by atoms with van der Waals surface area (Å²) in [6.07, 6.45) is 21.9. The third-order valence-electron chi connectivity index (χ3n) is 5.25. The van der Waals surface area contributed by atoms with E-state index < -0.39 is 5.57 Å². The molecule has 0 spiro atoms. The van der Waals surface area contributed by atoms with Gasteiger partial charge in [0.15, 0.2) is 0 Å². The molecule has 0 heterocycles. The third-order valence-corrected chi connectivity index (χ3v) is 8.41. The molecule has 0 N–H and O–H groups in total. The largest absolute Gasteiger partial charge is 0.462 e. The first-order chi connectivity index (χ1) is 13.3. The van der Waals surface area contributed by atoms with Gasteiger partial charge in [-0.05, 0) is 19.4 Å². The molecule has 2 nitrogen and oxygen atoms in total. The Balaban J connectivity index is 3.10. The molecule has 0 aromatic rings. The first-order valence-electron chi connectivity index (χ1n) is 11.8. The van der Waals surface area contributed by atoms with E-state index in [0.717, 1.165) is 6.42 Å². The Morgan fingerprint density at radius 2 is 1.04 bits per heavy atom. The Morgan fingerprint density at radius 3 is 1.36 bits per heavy atom. The van der Waals surface area contributed by atoms with Gasteiger partial charge in [-0.15, -0.1) is 21.8 Å². The maximum Gasteiger partial charge on any atom is 0.333 e. The monoisotopic (exact) mass is 522 g/mol. The molecular formula is C24H47IO2Si. The molecule has 0 aliphatic carbocycles. The van der Waals surface area contributed by atoms with Gasteiger partial charge in [0.1, 0.15) is 5.57 Å². The predicted molar refractivity (Wildman–Crippen MR) is 136 cm³/mol. The summed E-state index contributed by atoms with van der Waals surface area (Å²) in [5.41, 5.74) is -0.331. The Kier molecular flexibility index (Phi) is 19.2. The van der Waals surface area contributed by atoms with Gasteiger partial charge < -0.3 is 4.74 Å². The van der Waals surface area contributed by atoms with Crippen molar-refractivity contribution in [1.29, 1.82) is 0 Å². The molecule has 0 fully saturated rings. The van der Waals surface area contributed by atoms with Crippen molar-refractivity contribution in [3.05, 3.63) is 12.2 Å². The van der Waals surface area contributed by atoms with Crippen LogP contribution in [0.5, 0.6) is 0 Å². The topological polar surface area (TPSA) is 26.3 Å². The molecule has 0 atom stereocenters. The van der Waals surface area contributed by atoms with Crippen LogP contribution in [0.15, 0.2) is 12.2 Å². The molecule has 0 radical (unpaired) electrons. The van der Waals surface area contributed by atoms with Gasteiger partial charge >= 0.3 is 5.97 Å². The lowest BCUT2D eigenvalue weighted by Crippen LogP contribution is -2.13. The number of hydrogen-bond donors (Lipinski definition) is 0. The van der Waals surface area contributed by atoms with Gasteiger partial charge in [0.25, 0.3) is 0 Å². The summed E-state index contributed by atoms with van der Waals surface area (Å²) >= 11 is 2.71. The van der Waals surface area contributed by atoms with Gasteiger partial charge in [0.05, 0.1) is 6.61 Å². The minimum absolute atomic E-state index is 0.253. The highest BCUT2D eigenvalue weighted by Gasteiger charge is 2.14. The summed E-state index contributed by atoms with van der Waals surface area (Å²) in [5.74, 6) is -0.253. The highest BCUT2D eigenvalue weighted by Crippen LogP contribution is 2.22. The SMILES string of the molecule is C=C(C)C(=O)OCCCCCCCCCCCCCCCCCC[Si](C)(C)I. The van der Waals surface area contributed by atoms with Crippen molar-refractivity contribution in [1.82, 2.24) is 0 Å². The molecule has 0 unspecified atom stereocenters. The average Bonchev–Trinajstić information content (AvgIpc) is 2.62. The quantitative estimate of drug-likeness (QED) is 0.0398. The molecule has 0 amide bonds. The van der Waals surface area contributed by atoms with E-state index in [0.29, 0.717) is 12.2 Å². The maximum absolute atomic E-state index is 11.2. The molecule has 0 aromatic heterocycles. The average molecular weight is 523 g/mol. The number of esters is 1. The molecule has 4 heteroatoms. The van der Waals surface area contributed by atoms with Crippen LogP contribution in [0.1, 0.15) is 110 Å². The Bertz CT molecular complexity index is 391. The highest BCUT2D eigenvalue weighted by molar-refractivity contribution is 14.1. The van der Waals surface area contributed by atoms with Crippen LogP contribution in [-0.2, 0) is 9.53 Å². The Labute approximate surface area is 189 Å². The van der Waals surface area contributed by atoms with Crippen LogP contribution >= 0.6 is 21.8 Å². The second kappa shape index (κ2) is 19.1. The van der Waals surface area contributed by atoms with Crippen LogP contribution in [0.3, 0.4) is 0 Å². The molecule has 0 aromatic carbocycles. The van der Waals surface area contributed by atoms with Crippen molar-refractivity contribution in [3.8, 4) is 0 Å². The number of ether oxygens (including phenoxy) is 1. The lowest BCUT2D eigenvalue weighted by molar-refractivity contribution is -0.139. The number of carbonyl (C=O) groups excluding carboxylic acids is 1. The van der Waals surface area contributed by atoms with Crippen LogP contribution in [0.25, 0.3) is 0 Å². The summed E-state index contributed by atoms with van der Waals surface area (Å²) in [4.78, 5) is 11.2.